The quantitative estimate of drug-likeness (QED) is 0.107. The van der Waals surface area contributed by atoms with Crippen molar-refractivity contribution in [3.8, 4) is 0 Å². The summed E-state index contributed by atoms with van der Waals surface area (Å²) < 4.78 is 41.1. The van der Waals surface area contributed by atoms with Gasteiger partial charge in [-0.3, -0.25) is 34.0 Å². The molecule has 3 saturated heterocycles. The van der Waals surface area contributed by atoms with Crippen LogP contribution in [0.25, 0.3) is 0 Å². The van der Waals surface area contributed by atoms with E-state index in [1.54, 1.807) is 43.5 Å². The molecular formula is C33H50F3N7O8S. The second-order valence-corrected chi connectivity index (χ2v) is 14.7. The molecule has 3 fully saturated rings. The molecule has 3 aliphatic heterocycles. The Labute approximate surface area is 305 Å². The normalized spacial score (nSPS) is 24.4. The van der Waals surface area contributed by atoms with Gasteiger partial charge in [-0.25, -0.2) is 4.79 Å². The van der Waals surface area contributed by atoms with Crippen molar-refractivity contribution in [2.24, 2.45) is 0 Å². The Morgan fingerprint density at radius 2 is 1.46 bits per heavy atom. The van der Waals surface area contributed by atoms with E-state index in [-0.39, 0.29) is 88.2 Å². The Kier molecular flexibility index (Phi) is 15.8. The first-order valence-corrected chi connectivity index (χ1v) is 18.5. The van der Waals surface area contributed by atoms with E-state index in [1.165, 1.54) is 12.1 Å². The summed E-state index contributed by atoms with van der Waals surface area (Å²) >= 11 is 1.76. The van der Waals surface area contributed by atoms with Gasteiger partial charge in [0.2, 0.25) is 0 Å². The third-order valence-electron chi connectivity index (χ3n) is 9.77. The topological polar surface area (TPSA) is 189 Å². The lowest BCUT2D eigenvalue weighted by Gasteiger charge is -2.37. The average Bonchev–Trinajstić information content (AvgIpc) is 3.64. The molecule has 1 aromatic carbocycles. The van der Waals surface area contributed by atoms with Crippen LogP contribution in [0.1, 0.15) is 31.2 Å². The number of rotatable bonds is 15. The van der Waals surface area contributed by atoms with Crippen LogP contribution < -0.4 is 15.5 Å². The molecular weight excluding hydrogens is 711 g/mol. The van der Waals surface area contributed by atoms with E-state index in [9.17, 15) is 52.8 Å². The summed E-state index contributed by atoms with van der Waals surface area (Å²) in [5.41, 5.74) is 0.707. The molecule has 0 radical (unpaired) electrons. The van der Waals surface area contributed by atoms with Crippen LogP contribution in [0.4, 0.5) is 23.7 Å². The number of carboxylic acid groups (broad SMARTS) is 2. The Morgan fingerprint density at radius 3 is 2.06 bits per heavy atom. The molecule has 3 amide bonds. The highest BCUT2D eigenvalue weighted by Crippen LogP contribution is 2.33. The number of aliphatic carboxylic acids is 2. The van der Waals surface area contributed by atoms with Crippen LogP contribution in [0.15, 0.2) is 24.3 Å². The summed E-state index contributed by atoms with van der Waals surface area (Å²) in [7, 11) is 0. The number of benzene rings is 1. The smallest absolute Gasteiger partial charge is 0.471 e. The number of alkyl halides is 3. The molecule has 3 aliphatic rings. The van der Waals surface area contributed by atoms with E-state index in [2.05, 4.69) is 10.6 Å². The summed E-state index contributed by atoms with van der Waals surface area (Å²) in [6, 6.07) is 5.44. The number of halogens is 3. The van der Waals surface area contributed by atoms with E-state index in [0.29, 0.717) is 44.6 Å². The van der Waals surface area contributed by atoms with Gasteiger partial charge in [-0.2, -0.15) is 24.9 Å². The lowest BCUT2D eigenvalue weighted by molar-refractivity contribution is -0.170. The van der Waals surface area contributed by atoms with Gasteiger partial charge in [0, 0.05) is 75.1 Å². The van der Waals surface area contributed by atoms with E-state index >= 15 is 0 Å². The minimum atomic E-state index is -5.09. The monoisotopic (exact) mass is 761 g/mol. The summed E-state index contributed by atoms with van der Waals surface area (Å²) in [6.07, 6.45) is -2.43. The molecule has 4 unspecified atom stereocenters. The first-order chi connectivity index (χ1) is 24.8. The fraction of sp³-hybridized carbons (Fsp3) is 0.697. The van der Waals surface area contributed by atoms with Crippen LogP contribution in [-0.4, -0.2) is 178 Å². The van der Waals surface area contributed by atoms with Crippen molar-refractivity contribution < 1.29 is 52.8 Å². The fourth-order valence-electron chi connectivity index (χ4n) is 6.96. The molecule has 6 N–H and O–H groups in total. The third-order valence-corrected chi connectivity index (χ3v) is 11.3. The van der Waals surface area contributed by atoms with Crippen molar-refractivity contribution in [2.45, 2.75) is 61.7 Å². The van der Waals surface area contributed by atoms with Crippen LogP contribution in [-0.2, 0) is 20.8 Å². The number of fused-ring (bicyclic) bond motifs is 1. The number of carboxylic acids is 2. The average molecular weight is 762 g/mol. The van der Waals surface area contributed by atoms with Crippen LogP contribution in [0.5, 0.6) is 0 Å². The Balaban J connectivity index is 1.47. The number of unbranched alkanes of at least 4 members (excludes halogenated alkanes) is 2. The van der Waals surface area contributed by atoms with Crippen LogP contribution >= 0.6 is 11.8 Å². The van der Waals surface area contributed by atoms with Crippen molar-refractivity contribution in [1.82, 2.24) is 30.2 Å². The molecule has 0 saturated carbocycles. The lowest BCUT2D eigenvalue weighted by atomic mass is 10.0. The zero-order valence-corrected chi connectivity index (χ0v) is 29.9. The third kappa shape index (κ3) is 12.4. The van der Waals surface area contributed by atoms with Crippen LogP contribution in [0.2, 0.25) is 0 Å². The number of nitrogens with zero attached hydrogens (tertiary/aromatic N) is 5. The summed E-state index contributed by atoms with van der Waals surface area (Å²) in [4.78, 5) is 55.4. The number of aliphatic hydroxyl groups is 2. The van der Waals surface area contributed by atoms with Gasteiger partial charge in [0.1, 0.15) is 0 Å². The molecule has 4 atom stereocenters. The first-order valence-electron chi connectivity index (χ1n) is 17.5. The number of carbonyl (C=O) groups is 4. The van der Waals surface area contributed by atoms with Crippen molar-refractivity contribution in [3.05, 3.63) is 29.8 Å². The molecule has 0 aliphatic carbocycles. The highest BCUT2D eigenvalue weighted by molar-refractivity contribution is 8.00. The fourth-order valence-corrected chi connectivity index (χ4v) is 8.50. The predicted octanol–water partition coefficient (Wildman–Crippen LogP) is 0.509. The first kappa shape index (κ1) is 41.6. The number of aliphatic hydroxyl groups excluding tert-OH is 2. The second kappa shape index (κ2) is 19.8. The highest BCUT2D eigenvalue weighted by Gasteiger charge is 2.44. The maximum Gasteiger partial charge on any atom is 0.471 e. The minimum Gasteiger partial charge on any atom is -0.480 e. The summed E-state index contributed by atoms with van der Waals surface area (Å²) in [6.45, 7) is 0.606. The van der Waals surface area contributed by atoms with Crippen molar-refractivity contribution in [1.29, 1.82) is 0 Å². The van der Waals surface area contributed by atoms with Crippen molar-refractivity contribution >= 4 is 41.3 Å². The molecule has 0 spiro atoms. The number of thioether (sulfide) groups is 1. The van der Waals surface area contributed by atoms with Crippen molar-refractivity contribution in [3.63, 3.8) is 0 Å². The van der Waals surface area contributed by atoms with E-state index in [0.717, 1.165) is 23.5 Å². The van der Waals surface area contributed by atoms with Gasteiger partial charge in [0.25, 0.3) is 0 Å². The van der Waals surface area contributed by atoms with E-state index < -0.39 is 30.1 Å². The van der Waals surface area contributed by atoms with E-state index in [1.807, 2.05) is 0 Å². The standard InChI is InChI=1S/C33H50F3N7O8S/c34-33(35,36)31(50)43(9-3-1-2-4-27-30-26(20-52-27)37-32(51)38-30)24-7-5-23(6-8-24)16-25-17-41(18-28(46)47)13-12-39(21-44)10-11-40(22-45)14-15-42(25)19-29(48)49/h5-8,25-27,30,44-45H,1-4,9-22H2,(H,46,47)(H,48,49)(H2,37,38,51). The summed E-state index contributed by atoms with van der Waals surface area (Å²) in [5, 5.41) is 45.2. The number of hydrogen-bond donors (Lipinski definition) is 6. The zero-order valence-electron chi connectivity index (χ0n) is 29.0. The largest absolute Gasteiger partial charge is 0.480 e. The Bertz CT molecular complexity index is 1350. The van der Waals surface area contributed by atoms with Gasteiger partial charge >= 0.3 is 30.1 Å². The molecule has 292 valence electrons. The maximum atomic E-state index is 13.7. The molecule has 0 bridgehead atoms. The summed E-state index contributed by atoms with van der Waals surface area (Å²) in [5.74, 6) is -3.35. The Hall–Kier alpha value is -3.20. The van der Waals surface area contributed by atoms with Crippen LogP contribution in [0, 0.1) is 0 Å². The van der Waals surface area contributed by atoms with E-state index in [4.69, 9.17) is 0 Å². The van der Waals surface area contributed by atoms with Crippen molar-refractivity contribution in [2.75, 3.05) is 89.6 Å². The number of urea groups is 1. The number of carbonyl (C=O) groups excluding carboxylic acids is 2. The number of anilines is 1. The van der Waals surface area contributed by atoms with Gasteiger partial charge in [0.15, 0.2) is 0 Å². The predicted molar refractivity (Wildman–Crippen MR) is 187 cm³/mol. The lowest BCUT2D eigenvalue weighted by Crippen LogP contribution is -2.53. The van der Waals surface area contributed by atoms with Crippen LogP contribution in [0.3, 0.4) is 0 Å². The number of nitrogens with one attached hydrogen (secondary N) is 2. The number of hydrogen-bond acceptors (Lipinski definition) is 11. The van der Waals surface area contributed by atoms with Gasteiger partial charge < -0.3 is 36.0 Å². The maximum absolute atomic E-state index is 13.7. The number of amides is 3. The highest BCUT2D eigenvalue weighted by atomic mass is 32.2. The second-order valence-electron chi connectivity index (χ2n) is 13.5. The molecule has 19 heteroatoms. The molecule has 1 aromatic rings. The van der Waals surface area contributed by atoms with Gasteiger partial charge in [-0.15, -0.1) is 0 Å². The molecule has 4 rings (SSSR count). The molecule has 3 heterocycles. The SMILES string of the molecule is O=C(O)CN1CCN(CO)CCN(CO)CCN(CC(=O)O)C(Cc2ccc(N(CCCCCC3SCC4NC(=O)NC43)C(=O)C(F)(F)F)cc2)C1. The van der Waals surface area contributed by atoms with Gasteiger partial charge in [-0.05, 0) is 37.0 Å². The molecule has 52 heavy (non-hydrogen) atoms. The molecule has 15 nitrogen and oxygen atoms in total. The Morgan fingerprint density at radius 1 is 0.846 bits per heavy atom. The minimum absolute atomic E-state index is 0.0352. The zero-order chi connectivity index (χ0) is 37.8. The van der Waals surface area contributed by atoms with Gasteiger partial charge in [0.05, 0.1) is 38.6 Å². The molecule has 0 aromatic heterocycles. The van der Waals surface area contributed by atoms with Gasteiger partial charge in [-0.1, -0.05) is 25.0 Å².